The molecule has 0 radical (unpaired) electrons. The molecule has 0 aromatic heterocycles. The summed E-state index contributed by atoms with van der Waals surface area (Å²) in [4.78, 5) is 9.05. The Kier molecular flexibility index (Phi) is 12.4. The van der Waals surface area contributed by atoms with E-state index in [9.17, 15) is 10.2 Å². The van der Waals surface area contributed by atoms with Crippen molar-refractivity contribution in [2.24, 2.45) is 9.98 Å². The average Bonchev–Trinajstić information content (AvgIpc) is 3.02. The number of nitrogens with zero attached hydrogens (tertiary/aromatic N) is 2. The molecule has 4 aromatic carbocycles. The molecule has 0 heterocycles. The molecule has 0 saturated carbocycles. The maximum Gasteiger partial charge on any atom is 0.128 e. The molecule has 0 aliphatic rings. The van der Waals surface area contributed by atoms with Gasteiger partial charge in [0.05, 0.1) is 25.6 Å². The zero-order chi connectivity index (χ0) is 37.7. The Morgan fingerprint density at radius 3 is 1.10 bits per heavy atom. The molecule has 4 aromatic rings. The Bertz CT molecular complexity index is 1690. The summed E-state index contributed by atoms with van der Waals surface area (Å²) in [6.45, 7) is 25.7. The second-order valence-electron chi connectivity index (χ2n) is 16.8. The van der Waals surface area contributed by atoms with E-state index in [1.165, 1.54) is 11.1 Å². The molecular formula is C44H58N2O4. The third-order valence-electron chi connectivity index (χ3n) is 8.44. The third kappa shape index (κ3) is 10.7. The highest BCUT2D eigenvalue weighted by molar-refractivity contribution is 5.87. The fraction of sp³-hybridized carbons (Fsp3) is 0.409. The van der Waals surface area contributed by atoms with Crippen molar-refractivity contribution >= 4 is 23.8 Å². The van der Waals surface area contributed by atoms with Gasteiger partial charge in [0.15, 0.2) is 0 Å². The molecule has 268 valence electrons. The SMILES string of the molecule is COc1cccc(N=Cc2cc(C(C)(C)C)cc(C(C)(C)C)c2O)c1.COc1cccc(N=Cc2cc(C(C)(C)C)cc(C(C)(C)C)c2O)c1. The number of aliphatic imine (C=N–C) groups is 2. The normalized spacial score (nSPS) is 12.6. The molecule has 0 saturated heterocycles. The van der Waals surface area contributed by atoms with Crippen LogP contribution in [-0.4, -0.2) is 36.9 Å². The lowest BCUT2D eigenvalue weighted by Gasteiger charge is -2.27. The van der Waals surface area contributed by atoms with Gasteiger partial charge in [-0.05, 0) is 69.2 Å². The highest BCUT2D eigenvalue weighted by Crippen LogP contribution is 2.39. The van der Waals surface area contributed by atoms with Gasteiger partial charge in [-0.15, -0.1) is 0 Å². The van der Waals surface area contributed by atoms with Gasteiger partial charge < -0.3 is 19.7 Å². The summed E-state index contributed by atoms with van der Waals surface area (Å²) in [5, 5.41) is 21.6. The summed E-state index contributed by atoms with van der Waals surface area (Å²) in [6.07, 6.45) is 3.46. The molecule has 50 heavy (non-hydrogen) atoms. The van der Waals surface area contributed by atoms with Crippen LogP contribution in [0.1, 0.15) is 116 Å². The van der Waals surface area contributed by atoms with Crippen molar-refractivity contribution in [1.82, 2.24) is 0 Å². The van der Waals surface area contributed by atoms with Gasteiger partial charge in [0, 0.05) is 46.8 Å². The van der Waals surface area contributed by atoms with Gasteiger partial charge in [-0.3, -0.25) is 9.98 Å². The third-order valence-corrected chi connectivity index (χ3v) is 8.44. The van der Waals surface area contributed by atoms with Crippen LogP contribution in [0.3, 0.4) is 0 Å². The molecule has 4 rings (SSSR count). The first-order valence-corrected chi connectivity index (χ1v) is 17.2. The average molecular weight is 679 g/mol. The van der Waals surface area contributed by atoms with Gasteiger partial charge in [0.2, 0.25) is 0 Å². The van der Waals surface area contributed by atoms with Gasteiger partial charge in [-0.2, -0.15) is 0 Å². The first-order valence-electron chi connectivity index (χ1n) is 17.2. The largest absolute Gasteiger partial charge is 0.507 e. The van der Waals surface area contributed by atoms with Crippen molar-refractivity contribution in [3.63, 3.8) is 0 Å². The van der Waals surface area contributed by atoms with Crippen molar-refractivity contribution < 1.29 is 19.7 Å². The van der Waals surface area contributed by atoms with Gasteiger partial charge >= 0.3 is 0 Å². The fourth-order valence-electron chi connectivity index (χ4n) is 5.19. The zero-order valence-corrected chi connectivity index (χ0v) is 32.7. The predicted octanol–water partition coefficient (Wildman–Crippen LogP) is 11.5. The Morgan fingerprint density at radius 1 is 0.480 bits per heavy atom. The molecule has 0 atom stereocenters. The lowest BCUT2D eigenvalue weighted by molar-refractivity contribution is 0.415. The van der Waals surface area contributed by atoms with Gasteiger partial charge in [0.25, 0.3) is 0 Å². The number of aromatic hydroxyl groups is 2. The second kappa shape index (κ2) is 15.5. The maximum absolute atomic E-state index is 10.8. The first-order chi connectivity index (χ1) is 23.0. The van der Waals surface area contributed by atoms with Crippen LogP contribution in [0.5, 0.6) is 23.0 Å². The van der Waals surface area contributed by atoms with Crippen LogP contribution in [0.4, 0.5) is 11.4 Å². The minimum absolute atomic E-state index is 0.00768. The van der Waals surface area contributed by atoms with E-state index in [2.05, 4.69) is 105 Å². The number of hydrogen-bond acceptors (Lipinski definition) is 6. The summed E-state index contributed by atoms with van der Waals surface area (Å²) in [7, 11) is 3.27. The van der Waals surface area contributed by atoms with E-state index in [0.29, 0.717) is 11.5 Å². The van der Waals surface area contributed by atoms with E-state index < -0.39 is 0 Å². The number of ether oxygens (including phenoxy) is 2. The molecule has 2 N–H and O–H groups in total. The molecule has 0 spiro atoms. The molecule has 0 aliphatic carbocycles. The molecule has 6 nitrogen and oxygen atoms in total. The van der Waals surface area contributed by atoms with Crippen molar-refractivity contribution in [2.75, 3.05) is 14.2 Å². The number of phenolic OH excluding ortho intramolecular Hbond substituents is 2. The van der Waals surface area contributed by atoms with Crippen LogP contribution < -0.4 is 9.47 Å². The Hall–Kier alpha value is -4.58. The quantitative estimate of drug-likeness (QED) is 0.199. The predicted molar refractivity (Wildman–Crippen MR) is 212 cm³/mol. The van der Waals surface area contributed by atoms with Crippen LogP contribution >= 0.6 is 0 Å². The molecule has 0 fully saturated rings. The van der Waals surface area contributed by atoms with E-state index in [0.717, 1.165) is 45.1 Å². The summed E-state index contributed by atoms with van der Waals surface area (Å²) in [5.41, 5.74) is 6.98. The molecule has 0 unspecified atom stereocenters. The zero-order valence-electron chi connectivity index (χ0n) is 32.7. The maximum atomic E-state index is 10.8. The minimum atomic E-state index is -0.149. The molecule has 6 heteroatoms. The summed E-state index contributed by atoms with van der Waals surface area (Å²) in [6, 6.07) is 23.4. The number of benzene rings is 4. The van der Waals surface area contributed by atoms with E-state index in [1.54, 1.807) is 26.6 Å². The number of hydrogen-bond donors (Lipinski definition) is 2. The topological polar surface area (TPSA) is 83.6 Å². The standard InChI is InChI=1S/2C22H29NO2/c2*1-21(2,3)16-11-15(20(24)19(12-16)22(4,5)6)14-23-17-9-8-10-18(13-17)25-7/h2*8-14,24H,1-7H3. The van der Waals surface area contributed by atoms with E-state index >= 15 is 0 Å². The smallest absolute Gasteiger partial charge is 0.128 e. The Balaban J connectivity index is 0.000000270. The first kappa shape index (κ1) is 39.9. The van der Waals surface area contributed by atoms with Crippen molar-refractivity contribution in [3.05, 3.63) is 106 Å². The van der Waals surface area contributed by atoms with Crippen molar-refractivity contribution in [1.29, 1.82) is 0 Å². The van der Waals surface area contributed by atoms with E-state index in [-0.39, 0.29) is 21.7 Å². The van der Waals surface area contributed by atoms with Crippen molar-refractivity contribution in [3.8, 4) is 23.0 Å². The molecule has 0 amide bonds. The van der Waals surface area contributed by atoms with Crippen LogP contribution in [0.25, 0.3) is 0 Å². The molecule has 0 aliphatic heterocycles. The summed E-state index contributed by atoms with van der Waals surface area (Å²) < 4.78 is 10.5. The summed E-state index contributed by atoms with van der Waals surface area (Å²) in [5.74, 6) is 2.12. The van der Waals surface area contributed by atoms with Crippen LogP contribution in [0, 0.1) is 0 Å². The van der Waals surface area contributed by atoms with Crippen LogP contribution in [0.15, 0.2) is 82.8 Å². The second-order valence-corrected chi connectivity index (χ2v) is 16.8. The molecule has 0 bridgehead atoms. The Labute approximate surface area is 301 Å². The van der Waals surface area contributed by atoms with Crippen molar-refractivity contribution in [2.45, 2.75) is 105 Å². The van der Waals surface area contributed by atoms with Crippen LogP contribution in [-0.2, 0) is 21.7 Å². The lowest BCUT2D eigenvalue weighted by atomic mass is 9.79. The van der Waals surface area contributed by atoms with Gasteiger partial charge in [-0.1, -0.05) is 107 Å². The van der Waals surface area contributed by atoms with Gasteiger partial charge in [-0.25, -0.2) is 0 Å². The minimum Gasteiger partial charge on any atom is -0.507 e. The Morgan fingerprint density at radius 2 is 0.820 bits per heavy atom. The number of rotatable bonds is 6. The van der Waals surface area contributed by atoms with Gasteiger partial charge in [0.1, 0.15) is 23.0 Å². The summed E-state index contributed by atoms with van der Waals surface area (Å²) >= 11 is 0. The van der Waals surface area contributed by atoms with E-state index in [4.69, 9.17) is 9.47 Å². The van der Waals surface area contributed by atoms with E-state index in [1.807, 2.05) is 60.7 Å². The monoisotopic (exact) mass is 678 g/mol. The number of phenols is 2. The number of methoxy groups -OCH3 is 2. The van der Waals surface area contributed by atoms with Crippen LogP contribution in [0.2, 0.25) is 0 Å². The highest BCUT2D eigenvalue weighted by Gasteiger charge is 2.26. The fourth-order valence-corrected chi connectivity index (χ4v) is 5.19. The molecular weight excluding hydrogens is 620 g/mol. The highest BCUT2D eigenvalue weighted by atomic mass is 16.5. The lowest BCUT2D eigenvalue weighted by Crippen LogP contribution is -2.17.